The van der Waals surface area contributed by atoms with Crippen LogP contribution in [0.5, 0.6) is 5.75 Å². The Morgan fingerprint density at radius 2 is 2.10 bits per heavy atom. The molecule has 3 heteroatoms. The minimum atomic E-state index is 0.460. The van der Waals surface area contributed by atoms with Crippen LogP contribution in [0.3, 0.4) is 0 Å². The Bertz CT molecular complexity index is 612. The van der Waals surface area contributed by atoms with Crippen LogP contribution >= 0.6 is 11.8 Å². The van der Waals surface area contributed by atoms with Crippen molar-refractivity contribution in [2.75, 3.05) is 18.1 Å². The second-order valence-corrected chi connectivity index (χ2v) is 6.14. The monoisotopic (exact) mass is 285 g/mol. The van der Waals surface area contributed by atoms with Gasteiger partial charge in [-0.3, -0.25) is 0 Å². The van der Waals surface area contributed by atoms with Crippen molar-refractivity contribution in [3.63, 3.8) is 0 Å². The summed E-state index contributed by atoms with van der Waals surface area (Å²) in [5.74, 6) is 2.35. The number of fused-ring (bicyclic) bond motifs is 1. The molecule has 1 unspecified atom stereocenters. The van der Waals surface area contributed by atoms with Gasteiger partial charge in [-0.15, -0.1) is 11.8 Å². The van der Waals surface area contributed by atoms with Crippen LogP contribution < -0.4 is 10.5 Å². The van der Waals surface area contributed by atoms with Crippen LogP contribution in [0.15, 0.2) is 47.4 Å². The van der Waals surface area contributed by atoms with Crippen LogP contribution in [0.4, 0.5) is 5.69 Å². The quantitative estimate of drug-likeness (QED) is 0.859. The van der Waals surface area contributed by atoms with Crippen molar-refractivity contribution in [3.05, 3.63) is 53.6 Å². The lowest BCUT2D eigenvalue weighted by molar-refractivity contribution is 0.299. The van der Waals surface area contributed by atoms with Crippen molar-refractivity contribution in [3.8, 4) is 5.75 Å². The van der Waals surface area contributed by atoms with Gasteiger partial charge in [-0.1, -0.05) is 31.2 Å². The van der Waals surface area contributed by atoms with E-state index in [0.29, 0.717) is 12.5 Å². The van der Waals surface area contributed by atoms with E-state index in [0.717, 1.165) is 23.6 Å². The predicted octanol–water partition coefficient (Wildman–Crippen LogP) is 4.10. The highest BCUT2D eigenvalue weighted by atomic mass is 32.2. The summed E-state index contributed by atoms with van der Waals surface area (Å²) in [6.07, 6.45) is 0.997. The number of rotatable bonds is 4. The maximum Gasteiger partial charge on any atom is 0.142 e. The van der Waals surface area contributed by atoms with E-state index in [9.17, 15) is 0 Å². The fourth-order valence-electron chi connectivity index (χ4n) is 2.51. The van der Waals surface area contributed by atoms with Crippen LogP contribution in [-0.4, -0.2) is 12.4 Å². The van der Waals surface area contributed by atoms with E-state index in [1.54, 1.807) is 0 Å². The van der Waals surface area contributed by atoms with Gasteiger partial charge in [0.15, 0.2) is 0 Å². The molecule has 0 aliphatic carbocycles. The summed E-state index contributed by atoms with van der Waals surface area (Å²) in [6.45, 7) is 2.82. The highest BCUT2D eigenvalue weighted by Crippen LogP contribution is 2.39. The summed E-state index contributed by atoms with van der Waals surface area (Å²) < 4.78 is 5.94. The molecule has 2 aromatic carbocycles. The zero-order chi connectivity index (χ0) is 13.9. The maximum absolute atomic E-state index is 6.05. The Morgan fingerprint density at radius 1 is 1.25 bits per heavy atom. The molecule has 2 nitrogen and oxygen atoms in total. The smallest absolute Gasteiger partial charge is 0.142 e. The van der Waals surface area contributed by atoms with E-state index in [2.05, 4.69) is 37.3 Å². The van der Waals surface area contributed by atoms with Gasteiger partial charge in [0.05, 0.1) is 12.3 Å². The number of nitrogen functional groups attached to an aromatic ring is 1. The lowest BCUT2D eigenvalue weighted by atomic mass is 10.0. The molecular formula is C17H19NOS. The van der Waals surface area contributed by atoms with Crippen LogP contribution in [0.1, 0.15) is 24.0 Å². The largest absolute Gasteiger partial charge is 0.491 e. The normalized spacial score (nSPS) is 16.9. The van der Waals surface area contributed by atoms with Crippen molar-refractivity contribution in [1.29, 1.82) is 0 Å². The first-order chi connectivity index (χ1) is 9.78. The molecule has 0 spiro atoms. The first-order valence-corrected chi connectivity index (χ1v) is 7.99. The highest BCUT2D eigenvalue weighted by molar-refractivity contribution is 7.99. The van der Waals surface area contributed by atoms with Gasteiger partial charge in [-0.2, -0.15) is 0 Å². The van der Waals surface area contributed by atoms with Gasteiger partial charge in [-0.25, -0.2) is 0 Å². The Hall–Kier alpha value is -1.61. The van der Waals surface area contributed by atoms with E-state index in [-0.39, 0.29) is 0 Å². The van der Waals surface area contributed by atoms with Gasteiger partial charge >= 0.3 is 0 Å². The van der Waals surface area contributed by atoms with Crippen molar-refractivity contribution >= 4 is 17.4 Å². The molecule has 0 fully saturated rings. The number of hydrogen-bond donors (Lipinski definition) is 1. The Kier molecular flexibility index (Phi) is 3.88. The lowest BCUT2D eigenvalue weighted by Crippen LogP contribution is -2.10. The molecule has 0 radical (unpaired) electrons. The summed E-state index contributed by atoms with van der Waals surface area (Å²) in [5.41, 5.74) is 9.44. The third-order valence-corrected chi connectivity index (χ3v) is 4.97. The SMILES string of the molecule is CCc1ccc(OCC2CSc3ccccc32)c(N)c1. The maximum atomic E-state index is 6.05. The van der Waals surface area contributed by atoms with Gasteiger partial charge in [0.1, 0.15) is 5.75 Å². The zero-order valence-electron chi connectivity index (χ0n) is 11.6. The number of hydrogen-bond acceptors (Lipinski definition) is 3. The van der Waals surface area contributed by atoms with E-state index in [1.165, 1.54) is 16.0 Å². The summed E-state index contributed by atoms with van der Waals surface area (Å²) in [7, 11) is 0. The standard InChI is InChI=1S/C17H19NOS/c1-2-12-7-8-16(15(18)9-12)19-10-13-11-20-17-6-4-3-5-14(13)17/h3-9,13H,2,10-11,18H2,1H3. The first-order valence-electron chi connectivity index (χ1n) is 7.01. The minimum absolute atomic E-state index is 0.460. The fraction of sp³-hybridized carbons (Fsp3) is 0.294. The van der Waals surface area contributed by atoms with E-state index in [1.807, 2.05) is 23.9 Å². The van der Waals surface area contributed by atoms with Crippen molar-refractivity contribution < 1.29 is 4.74 Å². The predicted molar refractivity (Wildman–Crippen MR) is 85.6 cm³/mol. The molecular weight excluding hydrogens is 266 g/mol. The molecule has 0 saturated carbocycles. The first kappa shape index (κ1) is 13.4. The van der Waals surface area contributed by atoms with Crippen molar-refractivity contribution in [2.45, 2.75) is 24.2 Å². The van der Waals surface area contributed by atoms with Gasteiger partial charge in [0.2, 0.25) is 0 Å². The van der Waals surface area contributed by atoms with Gasteiger partial charge in [0.25, 0.3) is 0 Å². The van der Waals surface area contributed by atoms with Crippen molar-refractivity contribution in [1.82, 2.24) is 0 Å². The van der Waals surface area contributed by atoms with E-state index >= 15 is 0 Å². The second-order valence-electron chi connectivity index (χ2n) is 5.08. The highest BCUT2D eigenvalue weighted by Gasteiger charge is 2.23. The number of aryl methyl sites for hydroxylation is 1. The Morgan fingerprint density at radius 3 is 2.90 bits per heavy atom. The van der Waals surface area contributed by atoms with Crippen molar-refractivity contribution in [2.24, 2.45) is 0 Å². The second kappa shape index (κ2) is 5.80. The Labute approximate surface area is 124 Å². The van der Waals surface area contributed by atoms with Crippen LogP contribution in [-0.2, 0) is 6.42 Å². The van der Waals surface area contributed by atoms with Crippen LogP contribution in [0.2, 0.25) is 0 Å². The van der Waals surface area contributed by atoms with Crippen LogP contribution in [0, 0.1) is 0 Å². The molecule has 0 amide bonds. The van der Waals surface area contributed by atoms with Crippen LogP contribution in [0.25, 0.3) is 0 Å². The molecule has 0 bridgehead atoms. The molecule has 2 N–H and O–H groups in total. The molecule has 3 rings (SSSR count). The molecule has 1 aliphatic rings. The number of thioether (sulfide) groups is 1. The molecule has 104 valence electrons. The van der Waals surface area contributed by atoms with Gasteiger partial charge in [-0.05, 0) is 35.7 Å². The molecule has 20 heavy (non-hydrogen) atoms. The van der Waals surface area contributed by atoms with E-state index < -0.39 is 0 Å². The number of anilines is 1. The van der Waals surface area contributed by atoms with E-state index in [4.69, 9.17) is 10.5 Å². The minimum Gasteiger partial charge on any atom is -0.491 e. The third-order valence-electron chi connectivity index (χ3n) is 3.72. The topological polar surface area (TPSA) is 35.2 Å². The van der Waals surface area contributed by atoms with Gasteiger partial charge in [0, 0.05) is 16.6 Å². The summed E-state index contributed by atoms with van der Waals surface area (Å²) >= 11 is 1.91. The van der Waals surface area contributed by atoms with Gasteiger partial charge < -0.3 is 10.5 Å². The fourth-order valence-corrected chi connectivity index (χ4v) is 3.74. The average molecular weight is 285 g/mol. The number of ether oxygens (including phenoxy) is 1. The average Bonchev–Trinajstić information content (AvgIpc) is 2.89. The number of benzene rings is 2. The molecule has 2 aromatic rings. The third kappa shape index (κ3) is 2.63. The molecule has 1 aliphatic heterocycles. The molecule has 1 heterocycles. The molecule has 0 aromatic heterocycles. The summed E-state index contributed by atoms with van der Waals surface area (Å²) in [5, 5.41) is 0. The summed E-state index contributed by atoms with van der Waals surface area (Å²) in [4.78, 5) is 1.38. The Balaban J connectivity index is 1.69. The lowest BCUT2D eigenvalue weighted by Gasteiger charge is -2.14. The number of nitrogens with two attached hydrogens (primary N) is 1. The molecule has 1 atom stereocenters. The molecule has 0 saturated heterocycles. The zero-order valence-corrected chi connectivity index (χ0v) is 12.5. The summed E-state index contributed by atoms with van der Waals surface area (Å²) in [6, 6.07) is 14.7.